The maximum Gasteiger partial charge on any atom is 0.209 e. The van der Waals surface area contributed by atoms with Gasteiger partial charge in [-0.15, -0.1) is 0 Å². The molecule has 0 radical (unpaired) electrons. The maximum atomic E-state index is 11.5. The van der Waals surface area contributed by atoms with E-state index in [1.54, 1.807) is 0 Å². The van der Waals surface area contributed by atoms with Crippen LogP contribution in [0.1, 0.15) is 45.4 Å². The van der Waals surface area contributed by atoms with Crippen molar-refractivity contribution >= 4 is 10.0 Å². The minimum atomic E-state index is -3.06. The Morgan fingerprint density at radius 3 is 2.12 bits per heavy atom. The molecule has 4 aliphatic rings. The Kier molecular flexibility index (Phi) is 2.08. The summed E-state index contributed by atoms with van der Waals surface area (Å²) in [7, 11) is -3.06. The molecule has 4 saturated carbocycles. The highest BCUT2D eigenvalue weighted by atomic mass is 32.2. The summed E-state index contributed by atoms with van der Waals surface area (Å²) in [4.78, 5) is 0. The third kappa shape index (κ3) is 1.80. The van der Waals surface area contributed by atoms with Crippen LogP contribution in [0.2, 0.25) is 0 Å². The second-order valence-corrected chi connectivity index (χ2v) is 8.67. The molecule has 0 aromatic carbocycles. The first-order chi connectivity index (χ1) is 7.28. The van der Waals surface area contributed by atoms with Gasteiger partial charge in [0.05, 0.1) is 6.26 Å². The minimum absolute atomic E-state index is 0.0909. The van der Waals surface area contributed by atoms with Crippen molar-refractivity contribution < 1.29 is 8.42 Å². The van der Waals surface area contributed by atoms with Gasteiger partial charge in [-0.1, -0.05) is 6.92 Å². The lowest BCUT2D eigenvalue weighted by Gasteiger charge is -2.61. The molecule has 0 aromatic rings. The van der Waals surface area contributed by atoms with Crippen molar-refractivity contribution in [2.24, 2.45) is 17.3 Å². The van der Waals surface area contributed by atoms with Crippen LogP contribution in [0.3, 0.4) is 0 Å². The van der Waals surface area contributed by atoms with Crippen molar-refractivity contribution in [1.82, 2.24) is 4.72 Å². The summed E-state index contributed by atoms with van der Waals surface area (Å²) >= 11 is 0. The van der Waals surface area contributed by atoms with E-state index in [0.29, 0.717) is 5.41 Å². The van der Waals surface area contributed by atoms with Crippen LogP contribution in [-0.2, 0) is 10.0 Å². The molecule has 0 aliphatic heterocycles. The normalized spacial score (nSPS) is 50.9. The Bertz CT molecular complexity index is 401. The lowest BCUT2D eigenvalue weighted by molar-refractivity contribution is -0.0629. The first-order valence-corrected chi connectivity index (χ1v) is 8.16. The Balaban J connectivity index is 1.92. The highest BCUT2D eigenvalue weighted by molar-refractivity contribution is 7.88. The van der Waals surface area contributed by atoms with Gasteiger partial charge in [-0.25, -0.2) is 13.1 Å². The molecular weight excluding hydrogens is 222 g/mol. The fourth-order valence-corrected chi connectivity index (χ4v) is 6.26. The molecule has 1 N–H and O–H groups in total. The van der Waals surface area contributed by atoms with E-state index < -0.39 is 10.0 Å². The van der Waals surface area contributed by atoms with Crippen molar-refractivity contribution in [2.75, 3.05) is 6.26 Å². The predicted octanol–water partition coefficient (Wildman–Crippen LogP) is 1.89. The van der Waals surface area contributed by atoms with Crippen molar-refractivity contribution in [3.63, 3.8) is 0 Å². The van der Waals surface area contributed by atoms with Crippen molar-refractivity contribution in [2.45, 2.75) is 51.0 Å². The minimum Gasteiger partial charge on any atom is -0.213 e. The molecule has 4 aliphatic carbocycles. The van der Waals surface area contributed by atoms with Gasteiger partial charge in [0.25, 0.3) is 0 Å². The lowest BCUT2D eigenvalue weighted by atomic mass is 9.48. The molecule has 2 atom stereocenters. The number of sulfonamides is 1. The second-order valence-electron chi connectivity index (χ2n) is 6.93. The second kappa shape index (κ2) is 3.02. The van der Waals surface area contributed by atoms with E-state index in [1.807, 2.05) is 0 Å². The van der Waals surface area contributed by atoms with Crippen LogP contribution in [0.15, 0.2) is 0 Å². The quantitative estimate of drug-likeness (QED) is 0.805. The van der Waals surface area contributed by atoms with Crippen LogP contribution in [0.4, 0.5) is 0 Å². The molecule has 0 heterocycles. The zero-order valence-electron chi connectivity index (χ0n) is 10.1. The number of hydrogen-bond donors (Lipinski definition) is 1. The Hall–Kier alpha value is -0.0900. The van der Waals surface area contributed by atoms with Gasteiger partial charge in [-0.2, -0.15) is 0 Å². The Labute approximate surface area is 98.0 Å². The monoisotopic (exact) mass is 243 g/mol. The van der Waals surface area contributed by atoms with Crippen molar-refractivity contribution in [3.8, 4) is 0 Å². The van der Waals surface area contributed by atoms with Crippen LogP contribution in [0.5, 0.6) is 0 Å². The third-order valence-electron chi connectivity index (χ3n) is 4.76. The van der Waals surface area contributed by atoms with Gasteiger partial charge in [0.2, 0.25) is 10.0 Å². The summed E-state index contributed by atoms with van der Waals surface area (Å²) in [5.74, 6) is 1.53. The molecule has 92 valence electrons. The van der Waals surface area contributed by atoms with Gasteiger partial charge in [0.15, 0.2) is 0 Å². The number of nitrogens with one attached hydrogen (secondary N) is 1. The lowest BCUT2D eigenvalue weighted by Crippen LogP contribution is -2.62. The predicted molar refractivity (Wildman–Crippen MR) is 63.5 cm³/mol. The molecule has 16 heavy (non-hydrogen) atoms. The maximum absolute atomic E-state index is 11.5. The number of hydrogen-bond acceptors (Lipinski definition) is 2. The summed E-state index contributed by atoms with van der Waals surface area (Å²) in [6.07, 6.45) is 8.47. The van der Waals surface area contributed by atoms with Crippen molar-refractivity contribution in [3.05, 3.63) is 0 Å². The van der Waals surface area contributed by atoms with Gasteiger partial charge in [-0.05, 0) is 55.8 Å². The molecule has 0 amide bonds. The van der Waals surface area contributed by atoms with Gasteiger partial charge in [0.1, 0.15) is 0 Å². The van der Waals surface area contributed by atoms with Gasteiger partial charge < -0.3 is 0 Å². The molecule has 0 saturated heterocycles. The van der Waals surface area contributed by atoms with E-state index in [0.717, 1.165) is 31.1 Å². The molecule has 4 heteroatoms. The molecule has 0 aromatic heterocycles. The summed E-state index contributed by atoms with van der Waals surface area (Å²) in [5.41, 5.74) is 0.314. The van der Waals surface area contributed by atoms with Crippen molar-refractivity contribution in [1.29, 1.82) is 0 Å². The molecular formula is C12H21NO2S. The van der Waals surface area contributed by atoms with Crippen LogP contribution < -0.4 is 4.72 Å². The van der Waals surface area contributed by atoms with E-state index in [2.05, 4.69) is 11.6 Å². The topological polar surface area (TPSA) is 46.2 Å². The van der Waals surface area contributed by atoms with E-state index in [9.17, 15) is 8.42 Å². The van der Waals surface area contributed by atoms with Gasteiger partial charge in [0, 0.05) is 5.54 Å². The summed E-state index contributed by atoms with van der Waals surface area (Å²) in [6, 6.07) is 0. The first-order valence-electron chi connectivity index (χ1n) is 6.27. The summed E-state index contributed by atoms with van der Waals surface area (Å²) < 4.78 is 26.0. The molecule has 4 fully saturated rings. The van der Waals surface area contributed by atoms with E-state index >= 15 is 0 Å². The van der Waals surface area contributed by atoms with Gasteiger partial charge >= 0.3 is 0 Å². The molecule has 4 bridgehead atoms. The van der Waals surface area contributed by atoms with Crippen LogP contribution in [0, 0.1) is 17.3 Å². The highest BCUT2D eigenvalue weighted by Gasteiger charge is 2.56. The molecule has 0 spiro atoms. The smallest absolute Gasteiger partial charge is 0.209 e. The average molecular weight is 243 g/mol. The zero-order valence-corrected chi connectivity index (χ0v) is 10.9. The summed E-state index contributed by atoms with van der Waals surface area (Å²) in [6.45, 7) is 2.35. The van der Waals surface area contributed by atoms with E-state index in [-0.39, 0.29) is 5.54 Å². The van der Waals surface area contributed by atoms with E-state index in [1.165, 1.54) is 25.5 Å². The van der Waals surface area contributed by atoms with E-state index in [4.69, 9.17) is 0 Å². The largest absolute Gasteiger partial charge is 0.213 e. The zero-order chi connectivity index (χ0) is 11.6. The Morgan fingerprint density at radius 1 is 1.12 bits per heavy atom. The Morgan fingerprint density at radius 2 is 1.69 bits per heavy atom. The fraction of sp³-hybridized carbons (Fsp3) is 1.00. The third-order valence-corrected chi connectivity index (χ3v) is 5.56. The molecule has 4 rings (SSSR count). The average Bonchev–Trinajstić information content (AvgIpc) is 1.91. The fourth-order valence-electron chi connectivity index (χ4n) is 5.23. The standard InChI is InChI=1S/C12H21NO2S/c1-11-4-9-3-10(5-11)7-12(6-9,8-11)13-16(2,14)15/h9-10,13H,3-8H2,1-2H3/t9-,10-,11?,12?/m1/s1. The first kappa shape index (κ1) is 11.0. The van der Waals surface area contributed by atoms with Crippen LogP contribution in [0.25, 0.3) is 0 Å². The molecule has 0 unspecified atom stereocenters. The van der Waals surface area contributed by atoms with Crippen LogP contribution >= 0.6 is 0 Å². The van der Waals surface area contributed by atoms with Gasteiger partial charge in [-0.3, -0.25) is 0 Å². The summed E-state index contributed by atoms with van der Waals surface area (Å²) in [5, 5.41) is 0. The van der Waals surface area contributed by atoms with Crippen LogP contribution in [-0.4, -0.2) is 20.2 Å². The number of rotatable bonds is 2. The SMILES string of the molecule is CC12C[C@H]3C[C@H](C1)CC(NS(C)(=O)=O)(C3)C2. The highest BCUT2D eigenvalue weighted by Crippen LogP contribution is 2.61. The molecule has 3 nitrogen and oxygen atoms in total.